The highest BCUT2D eigenvalue weighted by Crippen LogP contribution is 2.60. The second-order valence-corrected chi connectivity index (χ2v) is 11.5. The van der Waals surface area contributed by atoms with Gasteiger partial charge in [-0.3, -0.25) is 39.4 Å². The molecule has 38 heavy (non-hydrogen) atoms. The van der Waals surface area contributed by atoms with Crippen LogP contribution in [-0.4, -0.2) is 59.6 Å². The molecule has 0 N–H and O–H groups in total. The number of nitrogens with zero attached hydrogens (tertiary/aromatic N) is 4. The molecule has 3 fully saturated rings. The third kappa shape index (κ3) is 4.11. The molecular formula is C24H18Br2N4O8. The molecule has 1 aliphatic heterocycles. The van der Waals surface area contributed by atoms with Gasteiger partial charge in [-0.15, -0.1) is 0 Å². The van der Waals surface area contributed by atoms with E-state index in [-0.39, 0.29) is 44.0 Å². The molecule has 1 saturated heterocycles. The number of halogens is 2. The maximum Gasteiger partial charge on any atom is 0.273 e. The molecule has 12 nitrogen and oxygen atoms in total. The van der Waals surface area contributed by atoms with Crippen LogP contribution in [0, 0.1) is 43.9 Å². The number of nitro groups is 2. The van der Waals surface area contributed by atoms with Crippen LogP contribution < -0.4 is 0 Å². The zero-order chi connectivity index (χ0) is 27.5. The first kappa shape index (κ1) is 26.1. The number of rotatable bonds is 7. The molecule has 3 amide bonds. The minimum atomic E-state index is -0.866. The number of carbonyl (C=O) groups is 4. The van der Waals surface area contributed by atoms with Gasteiger partial charge >= 0.3 is 0 Å². The van der Waals surface area contributed by atoms with Gasteiger partial charge in [0.15, 0.2) is 5.78 Å². The van der Waals surface area contributed by atoms with Gasteiger partial charge in [0.25, 0.3) is 29.1 Å². The number of hydrogen-bond acceptors (Lipinski definition) is 8. The number of non-ortho nitro benzene ring substituents is 2. The summed E-state index contributed by atoms with van der Waals surface area (Å²) >= 11 is 7.21. The van der Waals surface area contributed by atoms with Crippen LogP contribution in [-0.2, 0) is 9.59 Å². The number of carbonyl (C=O) groups excluding carboxylic acids is 4. The van der Waals surface area contributed by atoms with Crippen molar-refractivity contribution in [2.75, 3.05) is 6.54 Å². The Hall–Kier alpha value is -3.52. The fourth-order valence-corrected chi connectivity index (χ4v) is 7.55. The molecule has 2 aromatic carbocycles. The smallest absolute Gasteiger partial charge is 0.273 e. The zero-order valence-corrected chi connectivity index (χ0v) is 22.5. The van der Waals surface area contributed by atoms with Gasteiger partial charge in [-0.25, -0.2) is 5.01 Å². The van der Waals surface area contributed by atoms with Crippen LogP contribution in [0.25, 0.3) is 0 Å². The zero-order valence-electron chi connectivity index (χ0n) is 19.3. The maximum atomic E-state index is 13.6. The van der Waals surface area contributed by atoms with Crippen molar-refractivity contribution in [1.29, 1.82) is 0 Å². The number of Topliss-reactive ketones (excluding diaryl/α,β-unsaturated/α-hetero) is 1. The number of hydrogen-bond donors (Lipinski definition) is 0. The molecule has 3 aliphatic rings. The lowest BCUT2D eigenvalue weighted by Crippen LogP contribution is -2.52. The highest BCUT2D eigenvalue weighted by atomic mass is 79.9. The van der Waals surface area contributed by atoms with E-state index in [0.717, 1.165) is 34.3 Å². The van der Waals surface area contributed by atoms with Crippen LogP contribution in [0.4, 0.5) is 11.4 Å². The lowest BCUT2D eigenvalue weighted by molar-refractivity contribution is -0.385. The van der Waals surface area contributed by atoms with Crippen molar-refractivity contribution in [2.45, 2.75) is 16.1 Å². The molecule has 2 saturated carbocycles. The van der Waals surface area contributed by atoms with Crippen LogP contribution >= 0.6 is 31.9 Å². The topological polar surface area (TPSA) is 161 Å². The van der Waals surface area contributed by atoms with Crippen molar-refractivity contribution in [3.8, 4) is 0 Å². The average molecular weight is 650 g/mol. The molecule has 196 valence electrons. The summed E-state index contributed by atoms with van der Waals surface area (Å²) in [7, 11) is 0. The number of imide groups is 1. The third-order valence-corrected chi connectivity index (χ3v) is 10.7. The Balaban J connectivity index is 1.49. The second kappa shape index (κ2) is 9.66. The lowest BCUT2D eigenvalue weighted by atomic mass is 9.81. The molecular weight excluding hydrogens is 632 g/mol. The normalized spacial score (nSPS) is 27.4. The van der Waals surface area contributed by atoms with E-state index in [1.165, 1.54) is 24.3 Å². The number of alkyl halides is 2. The fraction of sp³-hybridized carbons (Fsp3) is 0.333. The molecule has 2 aliphatic carbocycles. The van der Waals surface area contributed by atoms with Gasteiger partial charge in [0.1, 0.15) is 6.54 Å². The van der Waals surface area contributed by atoms with Crippen molar-refractivity contribution < 1.29 is 29.0 Å². The maximum absolute atomic E-state index is 13.6. The van der Waals surface area contributed by atoms with E-state index in [1.807, 2.05) is 0 Å². The van der Waals surface area contributed by atoms with Gasteiger partial charge in [0.2, 0.25) is 0 Å². The molecule has 0 spiro atoms. The molecule has 0 aromatic heterocycles. The predicted molar refractivity (Wildman–Crippen MR) is 137 cm³/mol. The first-order valence-electron chi connectivity index (χ1n) is 11.5. The summed E-state index contributed by atoms with van der Waals surface area (Å²) in [5, 5.41) is 23.5. The average Bonchev–Trinajstić information content (AvgIpc) is 3.51. The first-order chi connectivity index (χ1) is 18.0. The highest BCUT2D eigenvalue weighted by Gasteiger charge is 2.67. The van der Waals surface area contributed by atoms with E-state index in [9.17, 15) is 39.4 Å². The Labute approximate surface area is 231 Å². The highest BCUT2D eigenvalue weighted by molar-refractivity contribution is 9.12. The van der Waals surface area contributed by atoms with E-state index in [2.05, 4.69) is 31.9 Å². The molecule has 0 unspecified atom stereocenters. The summed E-state index contributed by atoms with van der Waals surface area (Å²) in [5.41, 5.74) is -0.523. The van der Waals surface area contributed by atoms with Gasteiger partial charge in [0, 0.05) is 45.0 Å². The Bertz CT molecular complexity index is 1350. The third-order valence-electron chi connectivity index (χ3n) is 7.46. The summed E-state index contributed by atoms with van der Waals surface area (Å²) in [5.74, 6) is -4.23. The van der Waals surface area contributed by atoms with Crippen LogP contribution in [0.3, 0.4) is 0 Å². The van der Waals surface area contributed by atoms with Crippen molar-refractivity contribution >= 4 is 66.7 Å². The fourth-order valence-electron chi connectivity index (χ4n) is 5.68. The van der Waals surface area contributed by atoms with Gasteiger partial charge < -0.3 is 0 Å². The van der Waals surface area contributed by atoms with Gasteiger partial charge in [0.05, 0.1) is 21.7 Å². The Morgan fingerprint density at radius 3 is 1.66 bits per heavy atom. The van der Waals surface area contributed by atoms with E-state index in [1.54, 1.807) is 0 Å². The second-order valence-electron chi connectivity index (χ2n) is 9.39. The quantitative estimate of drug-likeness (QED) is 0.145. The van der Waals surface area contributed by atoms with Gasteiger partial charge in [-0.05, 0) is 42.5 Å². The van der Waals surface area contributed by atoms with Crippen LogP contribution in [0.15, 0.2) is 48.5 Å². The van der Waals surface area contributed by atoms with Crippen molar-refractivity contribution in [2.24, 2.45) is 23.7 Å². The number of fused-ring (bicyclic) bond motifs is 5. The number of nitro benzene ring substituents is 2. The number of amides is 3. The number of benzene rings is 2. The SMILES string of the molecule is O=C(CN(C(=O)c1ccc([N+](=O)[O-])cc1)N1C(=O)[C@@H]2[C@H]3C[C@@H]([C@H](Br)[C@@H]3Br)[C@@H]2C1=O)c1ccc([N+](=O)[O-])cc1. The molecule has 5 rings (SSSR count). The summed E-state index contributed by atoms with van der Waals surface area (Å²) < 4.78 is 0. The summed E-state index contributed by atoms with van der Waals surface area (Å²) in [6, 6.07) is 9.30. The molecule has 1 heterocycles. The number of hydrazine groups is 1. The standard InChI is InChI=1S/C24H18Br2N4O8/c25-20-15-9-16(21(20)26)19-18(15)23(33)28(24(19)34)27(22(32)12-3-7-14(8-4-12)30(37)38)10-17(31)11-1-5-13(6-2-11)29(35)36/h1-8,15-16,18-21H,9-10H2/t15-,16-,18-,19+,20-,21+/m1/s1. The summed E-state index contributed by atoms with van der Waals surface area (Å²) in [6.45, 7) is -0.699. The van der Waals surface area contributed by atoms with E-state index >= 15 is 0 Å². The molecule has 2 bridgehead atoms. The Morgan fingerprint density at radius 1 is 0.816 bits per heavy atom. The van der Waals surface area contributed by atoms with Gasteiger partial charge in [-0.1, -0.05) is 31.9 Å². The van der Waals surface area contributed by atoms with Crippen molar-refractivity contribution in [1.82, 2.24) is 10.0 Å². The molecule has 6 atom stereocenters. The van der Waals surface area contributed by atoms with Crippen LogP contribution in [0.2, 0.25) is 0 Å². The largest absolute Gasteiger partial charge is 0.292 e. The Kier molecular flexibility index (Phi) is 6.63. The minimum absolute atomic E-state index is 0.0361. The van der Waals surface area contributed by atoms with Crippen LogP contribution in [0.5, 0.6) is 0 Å². The molecule has 0 radical (unpaired) electrons. The summed E-state index contributed by atoms with van der Waals surface area (Å²) in [6.07, 6.45) is 0.671. The van der Waals surface area contributed by atoms with Crippen molar-refractivity contribution in [3.05, 3.63) is 79.9 Å². The minimum Gasteiger partial charge on any atom is -0.292 e. The van der Waals surface area contributed by atoms with E-state index < -0.39 is 51.7 Å². The van der Waals surface area contributed by atoms with E-state index in [4.69, 9.17) is 0 Å². The van der Waals surface area contributed by atoms with Crippen molar-refractivity contribution in [3.63, 3.8) is 0 Å². The molecule has 14 heteroatoms. The first-order valence-corrected chi connectivity index (χ1v) is 13.3. The van der Waals surface area contributed by atoms with Crippen LogP contribution in [0.1, 0.15) is 27.1 Å². The predicted octanol–water partition coefficient (Wildman–Crippen LogP) is 3.52. The monoisotopic (exact) mass is 648 g/mol. The summed E-state index contributed by atoms with van der Waals surface area (Å²) in [4.78, 5) is 74.6. The van der Waals surface area contributed by atoms with E-state index in [0.29, 0.717) is 6.42 Å². The molecule has 2 aromatic rings. The van der Waals surface area contributed by atoms with Gasteiger partial charge in [-0.2, -0.15) is 5.01 Å². The number of ketones is 1. The lowest BCUT2D eigenvalue weighted by Gasteiger charge is -2.30. The Morgan fingerprint density at radius 2 is 1.24 bits per heavy atom.